The fraction of sp³-hybridized carbons (Fsp3) is 0.684. The molecule has 6 saturated carbocycles. The van der Waals surface area contributed by atoms with Crippen molar-refractivity contribution in [1.29, 1.82) is 0 Å². The van der Waals surface area contributed by atoms with Crippen molar-refractivity contribution >= 4 is 35.4 Å². The maximum absolute atomic E-state index is 13.7. The van der Waals surface area contributed by atoms with Crippen LogP contribution in [0.25, 0.3) is 0 Å². The van der Waals surface area contributed by atoms with E-state index in [9.17, 15) is 19.2 Å². The maximum Gasteiger partial charge on any atom is 0.413 e. The minimum Gasteiger partial charge on any atom is -0.462 e. The molecule has 2 amide bonds. The largest absolute Gasteiger partial charge is 0.462 e. The Balaban J connectivity index is 0.629. The molecule has 10 heteroatoms. The summed E-state index contributed by atoms with van der Waals surface area (Å²) in [4.78, 5) is 63.6. The van der Waals surface area contributed by atoms with Gasteiger partial charge in [0, 0.05) is 29.7 Å². The van der Waals surface area contributed by atoms with E-state index < -0.39 is 12.0 Å². The van der Waals surface area contributed by atoms with E-state index in [0.29, 0.717) is 39.6 Å². The molecule has 2 heterocycles. The fourth-order valence-corrected chi connectivity index (χ4v) is 20.8. The fourth-order valence-electron chi connectivity index (χ4n) is 20.8. The number of ketones is 1. The van der Waals surface area contributed by atoms with Gasteiger partial charge in [-0.05, 0) is 219 Å². The van der Waals surface area contributed by atoms with Crippen LogP contribution in [0, 0.1) is 92.7 Å². The van der Waals surface area contributed by atoms with Crippen LogP contribution in [0.4, 0.5) is 16.4 Å². The minimum atomic E-state index is -0.550. The van der Waals surface area contributed by atoms with Gasteiger partial charge in [0.1, 0.15) is 23.8 Å². The molecule has 8 aliphatic carbocycles. The zero-order chi connectivity index (χ0) is 60.7. The van der Waals surface area contributed by atoms with E-state index in [1.165, 1.54) is 107 Å². The van der Waals surface area contributed by atoms with Gasteiger partial charge in [-0.3, -0.25) is 24.7 Å². The number of nitrogens with zero attached hydrogens (tertiary/aromatic N) is 2. The number of fused-ring (bicyclic) bond motifs is 10. The minimum absolute atomic E-state index is 0.00623. The summed E-state index contributed by atoms with van der Waals surface area (Å²) in [7, 11) is 0. The SMILES string of the molecule is CC(C)CCCC(C)C1CCC2C3CC=C4CC(OC(=O)Cc5cccc(CC(=O)c6cccc(C(=O)Nc7cccc(NC(=O)OC8CCC9(C)C(=CCC%10C9CCC9(C)C(C(C)CCCC(C)C)CCC%109)C8)n7)c6)n5)CCC4(C)C3CCC12C. The van der Waals surface area contributed by atoms with Crippen molar-refractivity contribution in [2.75, 3.05) is 10.6 Å². The topological polar surface area (TPSA) is 137 Å². The number of allylic oxidation sites excluding steroid dienone is 2. The van der Waals surface area contributed by atoms with Gasteiger partial charge in [-0.25, -0.2) is 9.78 Å². The summed E-state index contributed by atoms with van der Waals surface area (Å²) in [6.45, 7) is 24.9. The summed E-state index contributed by atoms with van der Waals surface area (Å²) >= 11 is 0. The lowest BCUT2D eigenvalue weighted by molar-refractivity contribution is -0.150. The highest BCUT2D eigenvalue weighted by Gasteiger charge is 2.61. The molecule has 10 nitrogen and oxygen atoms in total. The van der Waals surface area contributed by atoms with Crippen LogP contribution in [0.1, 0.15) is 243 Å². The molecule has 466 valence electrons. The number of benzene rings is 1. The highest BCUT2D eigenvalue weighted by atomic mass is 16.6. The van der Waals surface area contributed by atoms with E-state index >= 15 is 0 Å². The average molecular weight is 1170 g/mol. The predicted octanol–water partition coefficient (Wildman–Crippen LogP) is 18.6. The van der Waals surface area contributed by atoms with Gasteiger partial charge < -0.3 is 14.8 Å². The normalized spacial score (nSPS) is 34.2. The van der Waals surface area contributed by atoms with E-state index in [1.807, 2.05) is 12.1 Å². The van der Waals surface area contributed by atoms with Crippen LogP contribution in [-0.2, 0) is 27.1 Å². The first kappa shape index (κ1) is 62.5. The van der Waals surface area contributed by atoms with E-state index in [-0.39, 0.29) is 64.8 Å². The molecule has 86 heavy (non-hydrogen) atoms. The Morgan fingerprint density at radius 3 is 1.59 bits per heavy atom. The zero-order valence-corrected chi connectivity index (χ0v) is 54.3. The van der Waals surface area contributed by atoms with Crippen molar-refractivity contribution in [1.82, 2.24) is 9.97 Å². The molecule has 0 saturated heterocycles. The van der Waals surface area contributed by atoms with Crippen molar-refractivity contribution in [3.05, 3.63) is 106 Å². The summed E-state index contributed by atoms with van der Waals surface area (Å²) in [6, 6.07) is 17.1. The number of amides is 2. The summed E-state index contributed by atoms with van der Waals surface area (Å²) in [5, 5.41) is 5.66. The third kappa shape index (κ3) is 12.9. The standard InChI is InChI=1S/C76H106N4O6/c1-47(2)16-11-18-49(5)61-30-32-63-59-28-26-53-43-57(34-38-73(53,7)65(59)36-40-75(61,63)9)85-70(82)46-56-23-14-22-55(77-56)45-67(81)51-20-13-21-52(42-51)71(83)79-68-24-15-25-69(78-68)80-72(84)86-58-35-39-74(8)54(44-58)27-29-60-64-33-31-62(50(6)19-12-17-48(3)4)76(64,10)41-37-66(60)74/h13-15,20-27,42,47-50,57-66H,11-12,16-19,28-41,43-46H2,1-10H3,(H2,78,79,80,83,84). The molecule has 6 fully saturated rings. The van der Waals surface area contributed by atoms with Crippen LogP contribution >= 0.6 is 0 Å². The van der Waals surface area contributed by atoms with Crippen LogP contribution in [0.15, 0.2) is 84.0 Å². The quantitative estimate of drug-likeness (QED) is 0.0648. The lowest BCUT2D eigenvalue weighted by Crippen LogP contribution is -2.51. The first-order valence-corrected chi connectivity index (χ1v) is 34.6. The molecule has 0 radical (unpaired) electrons. The molecule has 8 aliphatic rings. The lowest BCUT2D eigenvalue weighted by Gasteiger charge is -2.58. The Bertz CT molecular complexity index is 2820. The number of carbonyl (C=O) groups is 4. The summed E-state index contributed by atoms with van der Waals surface area (Å²) in [5.74, 6) is 9.01. The molecule has 1 aromatic carbocycles. The van der Waals surface area contributed by atoms with Crippen molar-refractivity contribution in [2.45, 2.75) is 236 Å². The second kappa shape index (κ2) is 25.8. The highest BCUT2D eigenvalue weighted by Crippen LogP contribution is 2.69. The molecular formula is C76H106N4O6. The van der Waals surface area contributed by atoms with Gasteiger partial charge in [0.15, 0.2) is 5.78 Å². The summed E-state index contributed by atoms with van der Waals surface area (Å²) in [5.41, 5.74) is 6.01. The number of carbonyl (C=O) groups excluding carboxylic acids is 4. The Morgan fingerprint density at radius 1 is 0.535 bits per heavy atom. The van der Waals surface area contributed by atoms with E-state index in [4.69, 9.17) is 14.5 Å². The van der Waals surface area contributed by atoms with E-state index in [1.54, 1.807) is 48.5 Å². The molecule has 2 N–H and O–H groups in total. The van der Waals surface area contributed by atoms with Gasteiger partial charge in [-0.15, -0.1) is 0 Å². The number of aromatic nitrogens is 2. The number of esters is 1. The molecule has 3 aromatic rings. The van der Waals surface area contributed by atoms with Gasteiger partial charge in [0.25, 0.3) is 5.91 Å². The Hall–Kier alpha value is -5.12. The third-order valence-corrected chi connectivity index (χ3v) is 25.3. The first-order valence-electron chi connectivity index (χ1n) is 34.6. The molecule has 11 rings (SSSR count). The van der Waals surface area contributed by atoms with Crippen LogP contribution in [0.3, 0.4) is 0 Å². The Kier molecular flexibility index (Phi) is 18.7. The molecule has 16 unspecified atom stereocenters. The zero-order valence-electron chi connectivity index (χ0n) is 54.3. The van der Waals surface area contributed by atoms with Gasteiger partial charge in [0.2, 0.25) is 0 Å². The number of rotatable bonds is 20. The molecule has 0 bridgehead atoms. The van der Waals surface area contributed by atoms with Gasteiger partial charge in [-0.1, -0.05) is 155 Å². The van der Waals surface area contributed by atoms with Gasteiger partial charge in [0.05, 0.1) is 18.5 Å². The number of hydrogen-bond donors (Lipinski definition) is 2. The summed E-state index contributed by atoms with van der Waals surface area (Å²) in [6.07, 6.45) is 31.0. The predicted molar refractivity (Wildman–Crippen MR) is 344 cm³/mol. The Labute approximate surface area is 516 Å². The van der Waals surface area contributed by atoms with Crippen molar-refractivity contribution in [3.63, 3.8) is 0 Å². The number of Topliss-reactive ketones (excluding diaryl/α,β-unsaturated/α-hetero) is 1. The lowest BCUT2D eigenvalue weighted by atomic mass is 9.47. The van der Waals surface area contributed by atoms with Crippen LogP contribution < -0.4 is 10.6 Å². The van der Waals surface area contributed by atoms with Crippen LogP contribution in [-0.4, -0.2) is 45.9 Å². The number of pyridine rings is 2. The van der Waals surface area contributed by atoms with Crippen molar-refractivity contribution in [2.24, 2.45) is 92.7 Å². The number of ether oxygens (including phenoxy) is 2. The number of nitrogens with one attached hydrogen (secondary N) is 2. The molecule has 16 atom stereocenters. The van der Waals surface area contributed by atoms with E-state index in [2.05, 4.69) is 97.0 Å². The van der Waals surface area contributed by atoms with Crippen molar-refractivity contribution < 1.29 is 28.7 Å². The monoisotopic (exact) mass is 1170 g/mol. The highest BCUT2D eigenvalue weighted by molar-refractivity contribution is 6.06. The number of hydrogen-bond acceptors (Lipinski definition) is 8. The van der Waals surface area contributed by atoms with Crippen LogP contribution in [0.2, 0.25) is 0 Å². The van der Waals surface area contributed by atoms with Crippen molar-refractivity contribution in [3.8, 4) is 0 Å². The second-order valence-corrected chi connectivity index (χ2v) is 31.2. The maximum atomic E-state index is 13.7. The average Bonchev–Trinajstić information content (AvgIpc) is 2.30. The van der Waals surface area contributed by atoms with Gasteiger partial charge in [-0.2, -0.15) is 0 Å². The number of anilines is 2. The molecule has 0 aliphatic heterocycles. The Morgan fingerprint density at radius 2 is 1.03 bits per heavy atom. The van der Waals surface area contributed by atoms with Crippen LogP contribution in [0.5, 0.6) is 0 Å². The first-order chi connectivity index (χ1) is 41.1. The summed E-state index contributed by atoms with van der Waals surface area (Å²) < 4.78 is 12.3. The smallest absolute Gasteiger partial charge is 0.413 e. The van der Waals surface area contributed by atoms with Gasteiger partial charge >= 0.3 is 12.1 Å². The molecule has 0 spiro atoms. The third-order valence-electron chi connectivity index (χ3n) is 25.3. The molecular weight excluding hydrogens is 1060 g/mol. The second-order valence-electron chi connectivity index (χ2n) is 31.2. The molecule has 2 aromatic heterocycles. The van der Waals surface area contributed by atoms with E-state index in [0.717, 1.165) is 104 Å².